The molecule has 7 heteroatoms. The van der Waals surface area contributed by atoms with Crippen LogP contribution in [-0.2, 0) is 10.0 Å². The molecule has 0 aliphatic rings. The van der Waals surface area contributed by atoms with Crippen molar-refractivity contribution in [2.75, 3.05) is 4.72 Å². The SMILES string of the molecule is Cc1ccn2cc(-c3ccc(NS(=O)(=O)c4ccc(Br)cc4)cc3)nc2c1. The lowest BCUT2D eigenvalue weighted by molar-refractivity contribution is 0.601. The molecule has 1 N–H and O–H groups in total. The monoisotopic (exact) mass is 441 g/mol. The van der Waals surface area contributed by atoms with Crippen molar-refractivity contribution in [1.29, 1.82) is 0 Å². The molecular weight excluding hydrogens is 426 g/mol. The maximum Gasteiger partial charge on any atom is 0.261 e. The third kappa shape index (κ3) is 3.74. The van der Waals surface area contributed by atoms with Crippen molar-refractivity contribution < 1.29 is 8.42 Å². The molecule has 0 bridgehead atoms. The van der Waals surface area contributed by atoms with Gasteiger partial charge in [-0.15, -0.1) is 0 Å². The molecule has 0 atom stereocenters. The molecular formula is C20H16BrN3O2S. The smallest absolute Gasteiger partial charge is 0.261 e. The molecule has 136 valence electrons. The molecule has 0 radical (unpaired) electrons. The predicted molar refractivity (Wildman–Crippen MR) is 110 cm³/mol. The minimum atomic E-state index is -3.62. The van der Waals surface area contributed by atoms with Crippen LogP contribution in [0.1, 0.15) is 5.56 Å². The first kappa shape index (κ1) is 17.8. The van der Waals surface area contributed by atoms with E-state index in [4.69, 9.17) is 0 Å². The lowest BCUT2D eigenvalue weighted by Crippen LogP contribution is -2.12. The number of fused-ring (bicyclic) bond motifs is 1. The van der Waals surface area contributed by atoms with E-state index in [0.717, 1.165) is 26.9 Å². The minimum Gasteiger partial charge on any atom is -0.306 e. The van der Waals surface area contributed by atoms with E-state index < -0.39 is 10.0 Å². The highest BCUT2D eigenvalue weighted by Gasteiger charge is 2.14. The molecule has 4 aromatic rings. The van der Waals surface area contributed by atoms with Crippen molar-refractivity contribution in [3.8, 4) is 11.3 Å². The summed E-state index contributed by atoms with van der Waals surface area (Å²) in [5, 5.41) is 0. The van der Waals surface area contributed by atoms with Gasteiger partial charge in [0, 0.05) is 28.1 Å². The molecule has 0 fully saturated rings. The summed E-state index contributed by atoms with van der Waals surface area (Å²) in [6.45, 7) is 2.03. The van der Waals surface area contributed by atoms with E-state index in [2.05, 4.69) is 25.6 Å². The van der Waals surface area contributed by atoms with Gasteiger partial charge in [0.2, 0.25) is 0 Å². The zero-order chi connectivity index (χ0) is 19.0. The number of nitrogens with one attached hydrogen (secondary N) is 1. The molecule has 0 amide bonds. The number of nitrogens with zero attached hydrogens (tertiary/aromatic N) is 2. The maximum absolute atomic E-state index is 12.5. The number of anilines is 1. The number of pyridine rings is 1. The van der Waals surface area contributed by atoms with E-state index in [9.17, 15) is 8.42 Å². The molecule has 2 aromatic heterocycles. The van der Waals surface area contributed by atoms with Crippen molar-refractivity contribution in [2.24, 2.45) is 0 Å². The van der Waals surface area contributed by atoms with E-state index in [1.165, 1.54) is 0 Å². The Morgan fingerprint density at radius 1 is 1.00 bits per heavy atom. The summed E-state index contributed by atoms with van der Waals surface area (Å²) in [6.07, 6.45) is 3.93. The fraction of sp³-hybridized carbons (Fsp3) is 0.0500. The van der Waals surface area contributed by atoms with Crippen molar-refractivity contribution in [1.82, 2.24) is 9.38 Å². The Hall–Kier alpha value is -2.64. The minimum absolute atomic E-state index is 0.213. The fourth-order valence-corrected chi connectivity index (χ4v) is 4.08. The van der Waals surface area contributed by atoms with Crippen LogP contribution in [-0.4, -0.2) is 17.8 Å². The van der Waals surface area contributed by atoms with Crippen LogP contribution in [0, 0.1) is 6.92 Å². The summed E-state index contributed by atoms with van der Waals surface area (Å²) < 4.78 is 30.3. The van der Waals surface area contributed by atoms with Gasteiger partial charge in [-0.25, -0.2) is 13.4 Å². The first-order valence-electron chi connectivity index (χ1n) is 8.25. The van der Waals surface area contributed by atoms with Crippen molar-refractivity contribution in [3.63, 3.8) is 0 Å². The highest BCUT2D eigenvalue weighted by Crippen LogP contribution is 2.23. The van der Waals surface area contributed by atoms with Gasteiger partial charge < -0.3 is 4.40 Å². The number of hydrogen-bond donors (Lipinski definition) is 1. The van der Waals surface area contributed by atoms with E-state index in [1.54, 1.807) is 36.4 Å². The third-order valence-electron chi connectivity index (χ3n) is 4.17. The first-order chi connectivity index (χ1) is 12.9. The van der Waals surface area contributed by atoms with Crippen molar-refractivity contribution in [2.45, 2.75) is 11.8 Å². The van der Waals surface area contributed by atoms with Gasteiger partial charge in [-0.05, 0) is 61.0 Å². The number of rotatable bonds is 4. The van der Waals surface area contributed by atoms with Crippen LogP contribution < -0.4 is 4.72 Å². The van der Waals surface area contributed by atoms with Gasteiger partial charge in [0.05, 0.1) is 10.6 Å². The first-order valence-corrected chi connectivity index (χ1v) is 10.5. The van der Waals surface area contributed by atoms with Crippen molar-refractivity contribution in [3.05, 3.63) is 83.1 Å². The highest BCUT2D eigenvalue weighted by atomic mass is 79.9. The second kappa shape index (κ2) is 6.83. The summed E-state index contributed by atoms with van der Waals surface area (Å²) in [4.78, 5) is 4.84. The van der Waals surface area contributed by atoms with Crippen LogP contribution in [0.25, 0.3) is 16.9 Å². The molecule has 0 aliphatic heterocycles. The Labute approximate surface area is 165 Å². The number of hydrogen-bond acceptors (Lipinski definition) is 3. The summed E-state index contributed by atoms with van der Waals surface area (Å²) in [5.74, 6) is 0. The van der Waals surface area contributed by atoms with Gasteiger partial charge >= 0.3 is 0 Å². The Kier molecular flexibility index (Phi) is 4.49. The van der Waals surface area contributed by atoms with Crippen LogP contribution in [0.5, 0.6) is 0 Å². The standard InChI is InChI=1S/C20H16BrN3O2S/c1-14-10-11-24-13-19(22-20(24)12-14)15-2-6-17(7-3-15)23-27(25,26)18-8-4-16(21)5-9-18/h2-13,23H,1H3. The van der Waals surface area contributed by atoms with Gasteiger partial charge in [0.25, 0.3) is 10.0 Å². The normalized spacial score (nSPS) is 11.6. The van der Waals surface area contributed by atoms with E-state index >= 15 is 0 Å². The number of sulfonamides is 1. The summed E-state index contributed by atoms with van der Waals surface area (Å²) in [6, 6.07) is 17.7. The molecule has 2 heterocycles. The van der Waals surface area contributed by atoms with E-state index in [1.807, 2.05) is 48.0 Å². The van der Waals surface area contributed by atoms with E-state index in [-0.39, 0.29) is 4.90 Å². The molecule has 0 spiro atoms. The highest BCUT2D eigenvalue weighted by molar-refractivity contribution is 9.10. The summed E-state index contributed by atoms with van der Waals surface area (Å²) >= 11 is 3.30. The molecule has 2 aromatic carbocycles. The number of imidazole rings is 1. The van der Waals surface area contributed by atoms with Gasteiger partial charge in [-0.2, -0.15) is 0 Å². The second-order valence-corrected chi connectivity index (χ2v) is 8.83. The molecule has 4 rings (SSSR count). The Balaban J connectivity index is 1.58. The van der Waals surface area contributed by atoms with Gasteiger partial charge in [-0.1, -0.05) is 28.1 Å². The molecule has 0 unspecified atom stereocenters. The van der Waals surface area contributed by atoms with Gasteiger partial charge in [0.15, 0.2) is 0 Å². The maximum atomic E-state index is 12.5. The van der Waals surface area contributed by atoms with Crippen LogP contribution in [0.2, 0.25) is 0 Å². The fourth-order valence-electron chi connectivity index (χ4n) is 2.76. The van der Waals surface area contributed by atoms with Crippen LogP contribution in [0.15, 0.2) is 82.4 Å². The number of aromatic nitrogens is 2. The molecule has 0 saturated heterocycles. The predicted octanol–water partition coefficient (Wildman–Crippen LogP) is 4.87. The van der Waals surface area contributed by atoms with Crippen LogP contribution in [0.4, 0.5) is 5.69 Å². The Morgan fingerprint density at radius 2 is 1.70 bits per heavy atom. The average molecular weight is 442 g/mol. The number of benzene rings is 2. The second-order valence-electron chi connectivity index (χ2n) is 6.23. The number of halogens is 1. The molecule has 27 heavy (non-hydrogen) atoms. The topological polar surface area (TPSA) is 63.5 Å². The number of aryl methyl sites for hydroxylation is 1. The van der Waals surface area contributed by atoms with Gasteiger partial charge in [0.1, 0.15) is 5.65 Å². The van der Waals surface area contributed by atoms with Crippen LogP contribution >= 0.6 is 15.9 Å². The summed E-state index contributed by atoms with van der Waals surface area (Å²) in [7, 11) is -3.62. The molecule has 5 nitrogen and oxygen atoms in total. The largest absolute Gasteiger partial charge is 0.306 e. The third-order valence-corrected chi connectivity index (χ3v) is 6.10. The lowest BCUT2D eigenvalue weighted by Gasteiger charge is -2.08. The average Bonchev–Trinajstić information content (AvgIpc) is 3.05. The Bertz CT molecular complexity index is 1210. The van der Waals surface area contributed by atoms with Crippen molar-refractivity contribution >= 4 is 37.3 Å². The van der Waals surface area contributed by atoms with E-state index in [0.29, 0.717) is 5.69 Å². The Morgan fingerprint density at radius 3 is 2.41 bits per heavy atom. The zero-order valence-corrected chi connectivity index (χ0v) is 16.8. The quantitative estimate of drug-likeness (QED) is 0.491. The summed E-state index contributed by atoms with van der Waals surface area (Å²) in [5.41, 5.74) is 4.29. The van der Waals surface area contributed by atoms with Gasteiger partial charge in [-0.3, -0.25) is 4.72 Å². The molecule has 0 saturated carbocycles. The lowest BCUT2D eigenvalue weighted by atomic mass is 10.1. The van der Waals surface area contributed by atoms with Crippen LogP contribution in [0.3, 0.4) is 0 Å². The zero-order valence-electron chi connectivity index (χ0n) is 14.4. The molecule has 0 aliphatic carbocycles.